The third-order valence-corrected chi connectivity index (χ3v) is 6.33. The number of hydrogen-bond donors (Lipinski definition) is 0. The Hall–Kier alpha value is -2.38. The van der Waals surface area contributed by atoms with E-state index < -0.39 is 0 Å². The first kappa shape index (κ1) is 33.1. The molecule has 1 aliphatic carbocycles. The number of carbonyl (C=O) groups is 2. The third-order valence-electron chi connectivity index (χ3n) is 6.33. The van der Waals surface area contributed by atoms with Crippen LogP contribution in [0, 0.1) is 0 Å². The van der Waals surface area contributed by atoms with Crippen molar-refractivity contribution in [3.63, 3.8) is 0 Å². The summed E-state index contributed by atoms with van der Waals surface area (Å²) in [5.41, 5.74) is 0.894. The number of fused-ring (bicyclic) bond motifs is 1. The lowest BCUT2D eigenvalue weighted by molar-refractivity contribution is -0.0222. The summed E-state index contributed by atoms with van der Waals surface area (Å²) in [7, 11) is 0. The summed E-state index contributed by atoms with van der Waals surface area (Å²) in [5, 5.41) is 0. The molecule has 1 aromatic rings. The van der Waals surface area contributed by atoms with Gasteiger partial charge in [0.2, 0.25) is 0 Å². The van der Waals surface area contributed by atoms with Crippen molar-refractivity contribution in [2.24, 2.45) is 0 Å². The van der Waals surface area contributed by atoms with Gasteiger partial charge in [-0.2, -0.15) is 0 Å². The number of rotatable bonds is 25. The molecule has 1 aromatic carbocycles. The minimum Gasteiger partial charge on any atom is -0.496 e. The monoisotopic (exact) mass is 579 g/mol. The fraction of sp³-hybridized carbons (Fsp3) is 0.667. The molecule has 0 spiro atoms. The average Bonchev–Trinajstić information content (AvgIpc) is 3.24. The molecule has 11 nitrogen and oxygen atoms in total. The molecule has 0 N–H and O–H groups in total. The smallest absolute Gasteiger partial charge is 0.261 e. The lowest BCUT2D eigenvalue weighted by atomic mass is 10.1. The molecule has 0 unspecified atom stereocenters. The average molecular weight is 580 g/mol. The SMILES string of the molecule is O=C1c2ccccc2C(=O)N1CCOCCOCCOCCOCCOCCOCCOCCOC1=CCCCC1. The number of benzene rings is 1. The molecule has 1 heterocycles. The highest BCUT2D eigenvalue weighted by molar-refractivity contribution is 6.21. The third kappa shape index (κ3) is 13.4. The Morgan fingerprint density at radius 2 is 0.951 bits per heavy atom. The summed E-state index contributed by atoms with van der Waals surface area (Å²) in [4.78, 5) is 25.8. The maximum Gasteiger partial charge on any atom is 0.261 e. The molecule has 1 aliphatic heterocycles. The Morgan fingerprint density at radius 1 is 0.537 bits per heavy atom. The fourth-order valence-corrected chi connectivity index (χ4v) is 4.19. The van der Waals surface area contributed by atoms with Gasteiger partial charge >= 0.3 is 0 Å². The molecule has 0 radical (unpaired) electrons. The second-order valence-corrected chi connectivity index (χ2v) is 9.36. The summed E-state index contributed by atoms with van der Waals surface area (Å²) >= 11 is 0. The van der Waals surface area contributed by atoms with E-state index in [-0.39, 0.29) is 25.0 Å². The zero-order valence-corrected chi connectivity index (χ0v) is 24.1. The number of ether oxygens (including phenoxy) is 8. The molecule has 0 atom stereocenters. The number of amides is 2. The van der Waals surface area contributed by atoms with Crippen LogP contribution in [-0.2, 0) is 37.9 Å². The molecule has 0 bridgehead atoms. The maximum atomic E-state index is 12.3. The van der Waals surface area contributed by atoms with Crippen LogP contribution in [0.25, 0.3) is 0 Å². The summed E-state index contributed by atoms with van der Waals surface area (Å²) in [6.07, 6.45) is 6.83. The van der Waals surface area contributed by atoms with E-state index in [4.69, 9.17) is 37.9 Å². The maximum absolute atomic E-state index is 12.3. The van der Waals surface area contributed by atoms with Crippen molar-refractivity contribution in [2.45, 2.75) is 25.7 Å². The zero-order valence-electron chi connectivity index (χ0n) is 24.1. The number of carbonyl (C=O) groups excluding carboxylic acids is 2. The van der Waals surface area contributed by atoms with E-state index in [1.54, 1.807) is 24.3 Å². The van der Waals surface area contributed by atoms with Crippen LogP contribution < -0.4 is 0 Å². The van der Waals surface area contributed by atoms with Crippen LogP contribution in [0.2, 0.25) is 0 Å². The topological polar surface area (TPSA) is 111 Å². The van der Waals surface area contributed by atoms with Crippen LogP contribution in [0.15, 0.2) is 36.1 Å². The number of imide groups is 1. The van der Waals surface area contributed by atoms with E-state index in [1.807, 2.05) is 0 Å². The lowest BCUT2D eigenvalue weighted by Crippen LogP contribution is -2.33. The second-order valence-electron chi connectivity index (χ2n) is 9.36. The highest BCUT2D eigenvalue weighted by Crippen LogP contribution is 2.22. The van der Waals surface area contributed by atoms with Gasteiger partial charge in [-0.3, -0.25) is 14.5 Å². The number of allylic oxidation sites excluding steroid dienone is 2. The van der Waals surface area contributed by atoms with Gasteiger partial charge in [-0.05, 0) is 37.5 Å². The van der Waals surface area contributed by atoms with Crippen molar-refractivity contribution in [2.75, 3.05) is 106 Å². The van der Waals surface area contributed by atoms with E-state index in [2.05, 4.69) is 6.08 Å². The van der Waals surface area contributed by atoms with Crippen molar-refractivity contribution in [3.05, 3.63) is 47.2 Å². The van der Waals surface area contributed by atoms with Crippen LogP contribution in [0.4, 0.5) is 0 Å². The van der Waals surface area contributed by atoms with Gasteiger partial charge in [0, 0.05) is 6.42 Å². The molecular weight excluding hydrogens is 534 g/mol. The predicted molar refractivity (Wildman–Crippen MR) is 150 cm³/mol. The van der Waals surface area contributed by atoms with E-state index >= 15 is 0 Å². The van der Waals surface area contributed by atoms with Gasteiger partial charge in [-0.25, -0.2) is 0 Å². The normalized spacial score (nSPS) is 14.9. The number of hydrogen-bond acceptors (Lipinski definition) is 10. The van der Waals surface area contributed by atoms with Crippen LogP contribution in [0.5, 0.6) is 0 Å². The van der Waals surface area contributed by atoms with E-state index in [1.165, 1.54) is 17.7 Å². The van der Waals surface area contributed by atoms with Gasteiger partial charge < -0.3 is 37.9 Å². The molecule has 41 heavy (non-hydrogen) atoms. The first-order valence-corrected chi connectivity index (χ1v) is 14.6. The fourth-order valence-electron chi connectivity index (χ4n) is 4.19. The number of nitrogens with zero attached hydrogens (tertiary/aromatic N) is 1. The highest BCUT2D eigenvalue weighted by Gasteiger charge is 2.34. The van der Waals surface area contributed by atoms with Gasteiger partial charge in [-0.1, -0.05) is 12.1 Å². The van der Waals surface area contributed by atoms with Crippen molar-refractivity contribution in [1.82, 2.24) is 4.90 Å². The van der Waals surface area contributed by atoms with Gasteiger partial charge in [0.15, 0.2) is 0 Å². The lowest BCUT2D eigenvalue weighted by Gasteiger charge is -2.14. The van der Waals surface area contributed by atoms with Crippen molar-refractivity contribution >= 4 is 11.8 Å². The van der Waals surface area contributed by atoms with Crippen LogP contribution in [-0.4, -0.2) is 122 Å². The van der Waals surface area contributed by atoms with E-state index in [9.17, 15) is 9.59 Å². The molecular formula is C30H45NO10. The van der Waals surface area contributed by atoms with Gasteiger partial charge in [-0.15, -0.1) is 0 Å². The standard InChI is InChI=1S/C30H45NO10/c32-29-27-8-4-5-9-28(27)30(33)31(29)10-11-34-12-13-35-14-15-36-16-17-37-18-19-38-20-21-39-22-23-40-24-25-41-26-6-2-1-3-7-26/h4-6,8-9H,1-3,7,10-25H2. The van der Waals surface area contributed by atoms with Crippen molar-refractivity contribution < 1.29 is 47.5 Å². The molecule has 3 rings (SSSR count). The van der Waals surface area contributed by atoms with Crippen LogP contribution in [0.3, 0.4) is 0 Å². The minimum absolute atomic E-state index is 0.221. The second kappa shape index (κ2) is 21.3. The van der Waals surface area contributed by atoms with Crippen LogP contribution >= 0.6 is 0 Å². The molecule has 2 aliphatic rings. The highest BCUT2D eigenvalue weighted by atomic mass is 16.6. The quantitative estimate of drug-likeness (QED) is 0.127. The Bertz CT molecular complexity index is 874. The molecule has 230 valence electrons. The largest absolute Gasteiger partial charge is 0.496 e. The minimum atomic E-state index is -0.272. The van der Waals surface area contributed by atoms with E-state index in [0.29, 0.717) is 104 Å². The predicted octanol–water partition coefficient (Wildman–Crippen LogP) is 2.87. The molecule has 2 amide bonds. The first-order valence-electron chi connectivity index (χ1n) is 14.6. The summed E-state index contributed by atoms with van der Waals surface area (Å²) in [6.45, 7) is 7.43. The zero-order chi connectivity index (χ0) is 28.8. The Morgan fingerprint density at radius 3 is 1.37 bits per heavy atom. The Labute approximate surface area is 242 Å². The van der Waals surface area contributed by atoms with Crippen LogP contribution in [0.1, 0.15) is 46.4 Å². The molecule has 0 fully saturated rings. The van der Waals surface area contributed by atoms with E-state index in [0.717, 1.165) is 18.6 Å². The summed E-state index contributed by atoms with van der Waals surface area (Å²) in [6, 6.07) is 6.83. The van der Waals surface area contributed by atoms with Crippen molar-refractivity contribution in [3.8, 4) is 0 Å². The summed E-state index contributed by atoms with van der Waals surface area (Å²) < 4.78 is 44.0. The Kier molecular flexibility index (Phi) is 17.2. The van der Waals surface area contributed by atoms with Gasteiger partial charge in [0.05, 0.1) is 116 Å². The van der Waals surface area contributed by atoms with Gasteiger partial charge in [0.1, 0.15) is 6.61 Å². The Balaban J connectivity index is 0.968. The molecule has 11 heteroatoms. The molecule has 0 aromatic heterocycles. The van der Waals surface area contributed by atoms with Crippen molar-refractivity contribution in [1.29, 1.82) is 0 Å². The molecule has 0 saturated heterocycles. The first-order chi connectivity index (χ1) is 20.3. The van der Waals surface area contributed by atoms with Gasteiger partial charge in [0.25, 0.3) is 11.8 Å². The summed E-state index contributed by atoms with van der Waals surface area (Å²) in [5.74, 6) is 0.560. The molecule has 0 saturated carbocycles.